The number of carbonyl (C=O) groups is 1. The maximum Gasteiger partial charge on any atom is 0.239 e. The van der Waals surface area contributed by atoms with Crippen molar-refractivity contribution in [2.45, 2.75) is 25.5 Å². The maximum absolute atomic E-state index is 12.0. The second-order valence-electron chi connectivity index (χ2n) is 4.95. The summed E-state index contributed by atoms with van der Waals surface area (Å²) in [7, 11) is 1.84. The van der Waals surface area contributed by atoms with Crippen molar-refractivity contribution in [2.24, 2.45) is 0 Å². The lowest BCUT2D eigenvalue weighted by Crippen LogP contribution is -2.42. The minimum atomic E-state index is 0. The number of hydrogen-bond donors (Lipinski definition) is 1. The lowest BCUT2D eigenvalue weighted by Gasteiger charge is -2.21. The highest BCUT2D eigenvalue weighted by Gasteiger charge is 2.24. The predicted octanol–water partition coefficient (Wildman–Crippen LogP) is 1.84. The normalized spacial score (nSPS) is 17.6. The van der Waals surface area contributed by atoms with Crippen molar-refractivity contribution in [2.75, 3.05) is 26.7 Å². The van der Waals surface area contributed by atoms with Crippen molar-refractivity contribution in [1.82, 2.24) is 10.2 Å². The van der Waals surface area contributed by atoms with Crippen LogP contribution in [0.2, 0.25) is 0 Å². The molecule has 20 heavy (non-hydrogen) atoms. The molecule has 0 radical (unpaired) electrons. The summed E-state index contributed by atoms with van der Waals surface area (Å²) in [4.78, 5) is 13.8. The van der Waals surface area contributed by atoms with E-state index in [0.29, 0.717) is 19.8 Å². The fraction of sp³-hybridized carbons (Fsp3) is 0.533. The summed E-state index contributed by atoms with van der Waals surface area (Å²) in [5.41, 5.74) is 1.16. The summed E-state index contributed by atoms with van der Waals surface area (Å²) >= 11 is 0. The summed E-state index contributed by atoms with van der Waals surface area (Å²) in [6, 6.07) is 10.1. The van der Waals surface area contributed by atoms with Gasteiger partial charge < -0.3 is 15.0 Å². The Morgan fingerprint density at radius 1 is 1.40 bits per heavy atom. The molecule has 4 nitrogen and oxygen atoms in total. The van der Waals surface area contributed by atoms with Gasteiger partial charge in [0, 0.05) is 13.6 Å². The zero-order chi connectivity index (χ0) is 13.5. The van der Waals surface area contributed by atoms with Crippen LogP contribution in [-0.2, 0) is 16.1 Å². The Labute approximate surface area is 126 Å². The van der Waals surface area contributed by atoms with E-state index < -0.39 is 0 Å². The summed E-state index contributed by atoms with van der Waals surface area (Å²) in [5, 5.41) is 3.22. The number of halogens is 1. The molecule has 1 atom stereocenters. The van der Waals surface area contributed by atoms with E-state index in [4.69, 9.17) is 4.74 Å². The molecule has 1 aromatic carbocycles. The van der Waals surface area contributed by atoms with Gasteiger partial charge in [-0.05, 0) is 24.9 Å². The molecule has 1 saturated heterocycles. The van der Waals surface area contributed by atoms with E-state index in [9.17, 15) is 4.79 Å². The molecule has 1 N–H and O–H groups in total. The van der Waals surface area contributed by atoms with Crippen LogP contribution >= 0.6 is 12.4 Å². The molecule has 0 bridgehead atoms. The van der Waals surface area contributed by atoms with Crippen LogP contribution < -0.4 is 5.32 Å². The van der Waals surface area contributed by atoms with Gasteiger partial charge >= 0.3 is 0 Å². The predicted molar refractivity (Wildman–Crippen MR) is 82.0 cm³/mol. The molecule has 0 spiro atoms. The third kappa shape index (κ3) is 5.12. The number of hydrogen-bond acceptors (Lipinski definition) is 3. The molecule has 1 aliphatic rings. The van der Waals surface area contributed by atoms with Crippen LogP contribution in [0.4, 0.5) is 0 Å². The van der Waals surface area contributed by atoms with Gasteiger partial charge in [0.15, 0.2) is 0 Å². The number of rotatable bonds is 6. The van der Waals surface area contributed by atoms with Crippen molar-refractivity contribution < 1.29 is 9.53 Å². The van der Waals surface area contributed by atoms with Crippen LogP contribution in [0.3, 0.4) is 0 Å². The Kier molecular flexibility index (Phi) is 7.59. The highest BCUT2D eigenvalue weighted by atomic mass is 35.5. The molecular weight excluding hydrogens is 276 g/mol. The van der Waals surface area contributed by atoms with Crippen molar-refractivity contribution >= 4 is 18.3 Å². The average molecular weight is 299 g/mol. The Morgan fingerprint density at radius 2 is 2.15 bits per heavy atom. The van der Waals surface area contributed by atoms with Gasteiger partial charge in [-0.15, -0.1) is 12.4 Å². The first-order valence-corrected chi connectivity index (χ1v) is 6.87. The fourth-order valence-corrected chi connectivity index (χ4v) is 2.24. The van der Waals surface area contributed by atoms with Gasteiger partial charge in [-0.1, -0.05) is 30.3 Å². The number of ether oxygens (including phenoxy) is 1. The molecule has 0 aromatic heterocycles. The second kappa shape index (κ2) is 8.95. The van der Waals surface area contributed by atoms with Gasteiger partial charge in [-0.2, -0.15) is 0 Å². The molecular formula is C15H23ClN2O2. The van der Waals surface area contributed by atoms with Crippen molar-refractivity contribution in [1.29, 1.82) is 0 Å². The van der Waals surface area contributed by atoms with Gasteiger partial charge in [0.25, 0.3) is 0 Å². The van der Waals surface area contributed by atoms with E-state index in [0.717, 1.165) is 24.9 Å². The summed E-state index contributed by atoms with van der Waals surface area (Å²) in [6.07, 6.45) is 2.04. The zero-order valence-electron chi connectivity index (χ0n) is 11.9. The Morgan fingerprint density at radius 3 is 2.80 bits per heavy atom. The van der Waals surface area contributed by atoms with Crippen LogP contribution in [0.1, 0.15) is 18.4 Å². The van der Waals surface area contributed by atoms with E-state index in [1.807, 2.05) is 37.4 Å². The number of amides is 1. The number of likely N-dealkylation sites (N-methyl/N-ethyl adjacent to an activating group) is 1. The van der Waals surface area contributed by atoms with Crippen molar-refractivity contribution in [3.63, 3.8) is 0 Å². The molecule has 2 rings (SSSR count). The number of nitrogens with zero attached hydrogens (tertiary/aromatic N) is 1. The smallest absolute Gasteiger partial charge is 0.239 e. The van der Waals surface area contributed by atoms with Crippen LogP contribution in [0.5, 0.6) is 0 Å². The standard InChI is InChI=1S/C15H22N2O2.ClH/c1-17(15(18)14-8-5-9-16-14)10-11-19-12-13-6-3-2-4-7-13;/h2-4,6-7,14,16H,5,8-12H2,1H3;1H. The maximum atomic E-state index is 12.0. The van der Waals surface area contributed by atoms with Crippen LogP contribution in [0.15, 0.2) is 30.3 Å². The van der Waals surface area contributed by atoms with Gasteiger partial charge in [0.05, 0.1) is 19.3 Å². The quantitative estimate of drug-likeness (QED) is 0.815. The van der Waals surface area contributed by atoms with Crippen LogP contribution in [0.25, 0.3) is 0 Å². The number of carbonyl (C=O) groups excluding carboxylic acids is 1. The topological polar surface area (TPSA) is 41.6 Å². The summed E-state index contributed by atoms with van der Waals surface area (Å²) in [5.74, 6) is 0.181. The van der Waals surface area contributed by atoms with E-state index in [-0.39, 0.29) is 24.4 Å². The zero-order valence-corrected chi connectivity index (χ0v) is 12.7. The molecule has 0 saturated carbocycles. The third-order valence-corrected chi connectivity index (χ3v) is 3.42. The van der Waals surface area contributed by atoms with Gasteiger partial charge in [-0.3, -0.25) is 4.79 Å². The molecule has 1 fully saturated rings. The van der Waals surface area contributed by atoms with E-state index in [1.165, 1.54) is 0 Å². The summed E-state index contributed by atoms with van der Waals surface area (Å²) in [6.45, 7) is 2.77. The molecule has 1 heterocycles. The number of benzene rings is 1. The lowest BCUT2D eigenvalue weighted by atomic mass is 10.2. The van der Waals surface area contributed by atoms with Crippen LogP contribution in [-0.4, -0.2) is 43.6 Å². The molecule has 1 unspecified atom stereocenters. The Bertz CT molecular complexity index is 394. The van der Waals surface area contributed by atoms with E-state index in [1.54, 1.807) is 4.90 Å². The van der Waals surface area contributed by atoms with Gasteiger partial charge in [-0.25, -0.2) is 0 Å². The Hall–Kier alpha value is -1.10. The molecule has 112 valence electrons. The fourth-order valence-electron chi connectivity index (χ4n) is 2.24. The SMILES string of the molecule is CN(CCOCc1ccccc1)C(=O)C1CCCN1.Cl. The Balaban J connectivity index is 0.00000200. The number of nitrogens with one attached hydrogen (secondary N) is 1. The first-order valence-electron chi connectivity index (χ1n) is 6.87. The van der Waals surface area contributed by atoms with Crippen molar-refractivity contribution in [3.8, 4) is 0 Å². The van der Waals surface area contributed by atoms with Crippen LogP contribution in [0, 0.1) is 0 Å². The highest BCUT2D eigenvalue weighted by Crippen LogP contribution is 2.07. The average Bonchev–Trinajstić information content (AvgIpc) is 2.98. The largest absolute Gasteiger partial charge is 0.375 e. The highest BCUT2D eigenvalue weighted by molar-refractivity contribution is 5.85. The first kappa shape index (κ1) is 17.0. The van der Waals surface area contributed by atoms with Gasteiger partial charge in [0.1, 0.15) is 0 Å². The molecule has 1 aromatic rings. The molecule has 1 aliphatic heterocycles. The second-order valence-corrected chi connectivity index (χ2v) is 4.95. The molecule has 5 heteroatoms. The first-order chi connectivity index (χ1) is 9.27. The summed E-state index contributed by atoms with van der Waals surface area (Å²) < 4.78 is 5.59. The minimum absolute atomic E-state index is 0. The van der Waals surface area contributed by atoms with E-state index in [2.05, 4.69) is 5.32 Å². The molecule has 1 amide bonds. The van der Waals surface area contributed by atoms with Gasteiger partial charge in [0.2, 0.25) is 5.91 Å². The molecule has 0 aliphatic carbocycles. The minimum Gasteiger partial charge on any atom is -0.375 e. The monoisotopic (exact) mass is 298 g/mol. The lowest BCUT2D eigenvalue weighted by molar-refractivity contribution is -0.132. The third-order valence-electron chi connectivity index (χ3n) is 3.42. The van der Waals surface area contributed by atoms with E-state index >= 15 is 0 Å². The van der Waals surface area contributed by atoms with Crippen molar-refractivity contribution in [3.05, 3.63) is 35.9 Å².